The fourth-order valence-electron chi connectivity index (χ4n) is 3.76. The highest BCUT2D eigenvalue weighted by atomic mass is 32.2. The van der Waals surface area contributed by atoms with Crippen LogP contribution in [0.1, 0.15) is 92.4 Å². The third-order valence-electron chi connectivity index (χ3n) is 5.67. The molecule has 0 aromatic carbocycles. The molecule has 0 spiro atoms. The number of allylic oxidation sites excluding steroid dienone is 7. The first-order valence-corrected chi connectivity index (χ1v) is 11.9. The van der Waals surface area contributed by atoms with Gasteiger partial charge < -0.3 is 0 Å². The molecule has 0 aliphatic heterocycles. The van der Waals surface area contributed by atoms with Gasteiger partial charge in [0.2, 0.25) is 0 Å². The largest absolute Gasteiger partial charge is 0.0982 e. The zero-order chi connectivity index (χ0) is 21.1. The Hall–Kier alpha value is -1.21. The lowest BCUT2D eigenvalue weighted by molar-refractivity contribution is 0.447. The van der Waals surface area contributed by atoms with Crippen molar-refractivity contribution in [3.63, 3.8) is 0 Å². The van der Waals surface area contributed by atoms with E-state index in [0.717, 1.165) is 29.2 Å². The third kappa shape index (κ3) is 8.43. The van der Waals surface area contributed by atoms with Gasteiger partial charge in [-0.1, -0.05) is 82.7 Å². The van der Waals surface area contributed by atoms with E-state index in [0.29, 0.717) is 0 Å². The average molecular weight is 399 g/mol. The summed E-state index contributed by atoms with van der Waals surface area (Å²) in [5, 5.41) is 2.25. The first-order chi connectivity index (χ1) is 13.3. The van der Waals surface area contributed by atoms with Crippen LogP contribution in [0.5, 0.6) is 0 Å². The van der Waals surface area contributed by atoms with Gasteiger partial charge in [-0.3, -0.25) is 0 Å². The van der Waals surface area contributed by atoms with E-state index in [2.05, 4.69) is 58.9 Å². The Morgan fingerprint density at radius 3 is 2.32 bits per heavy atom. The molecule has 1 heteroatoms. The lowest BCUT2D eigenvalue weighted by atomic mass is 9.78. The number of unbranched alkanes of at least 4 members (excludes halogenated alkanes) is 3. The van der Waals surface area contributed by atoms with E-state index in [4.69, 9.17) is 0 Å². The van der Waals surface area contributed by atoms with Crippen LogP contribution in [0.3, 0.4) is 0 Å². The summed E-state index contributed by atoms with van der Waals surface area (Å²) >= 11 is 1.70. The molecule has 0 radical (unpaired) electrons. The minimum absolute atomic E-state index is 0.791. The Morgan fingerprint density at radius 1 is 1.07 bits per heavy atom. The van der Waals surface area contributed by atoms with Gasteiger partial charge in [0.1, 0.15) is 0 Å². The monoisotopic (exact) mass is 398 g/mol. The van der Waals surface area contributed by atoms with Gasteiger partial charge in [-0.25, -0.2) is 0 Å². The van der Waals surface area contributed by atoms with Crippen LogP contribution in [0.2, 0.25) is 0 Å². The van der Waals surface area contributed by atoms with Gasteiger partial charge >= 0.3 is 0 Å². The Bertz CT molecular complexity index is 654. The van der Waals surface area contributed by atoms with Gasteiger partial charge in [-0.15, -0.1) is 0 Å². The molecule has 0 heterocycles. The van der Waals surface area contributed by atoms with Crippen LogP contribution in [0.15, 0.2) is 69.6 Å². The van der Waals surface area contributed by atoms with Crippen LogP contribution in [0, 0.1) is 5.92 Å². The minimum Gasteiger partial charge on any atom is -0.0982 e. The summed E-state index contributed by atoms with van der Waals surface area (Å²) in [6.45, 7) is 23.7. The van der Waals surface area contributed by atoms with Crippen molar-refractivity contribution in [2.24, 2.45) is 5.92 Å². The summed E-state index contributed by atoms with van der Waals surface area (Å²) in [4.78, 5) is 1.04. The second kappa shape index (κ2) is 13.1. The summed E-state index contributed by atoms with van der Waals surface area (Å²) < 4.78 is 0. The fraction of sp³-hybridized carbons (Fsp3) is 0.556. The summed E-state index contributed by atoms with van der Waals surface area (Å²) in [5.41, 5.74) is 8.13. The number of rotatable bonds is 12. The first-order valence-electron chi connectivity index (χ1n) is 11.1. The van der Waals surface area contributed by atoms with Crippen molar-refractivity contribution in [2.45, 2.75) is 92.4 Å². The van der Waals surface area contributed by atoms with Crippen LogP contribution in [-0.2, 0) is 0 Å². The quantitative estimate of drug-likeness (QED) is 0.233. The topological polar surface area (TPSA) is 0 Å². The molecule has 156 valence electrons. The van der Waals surface area contributed by atoms with Crippen LogP contribution in [-0.4, -0.2) is 0 Å². The van der Waals surface area contributed by atoms with Gasteiger partial charge in [-0.05, 0) is 92.1 Å². The van der Waals surface area contributed by atoms with Gasteiger partial charge in [0, 0.05) is 4.91 Å². The molecular formula is C27H42S. The Labute approximate surface area is 179 Å². The predicted octanol–water partition coefficient (Wildman–Crippen LogP) is 9.69. The summed E-state index contributed by atoms with van der Waals surface area (Å²) in [5.74, 6) is 0.791. The highest BCUT2D eigenvalue weighted by molar-refractivity contribution is 8.06. The summed E-state index contributed by atoms with van der Waals surface area (Å²) in [6.07, 6.45) is 13.7. The lowest BCUT2D eigenvalue weighted by Gasteiger charge is -2.27. The number of thioether (sulfide) groups is 1. The van der Waals surface area contributed by atoms with Crippen molar-refractivity contribution in [1.82, 2.24) is 0 Å². The molecule has 0 nitrogen and oxygen atoms in total. The van der Waals surface area contributed by atoms with E-state index in [1.807, 2.05) is 6.92 Å². The maximum Gasteiger partial charge on any atom is 0.00673 e. The normalized spacial score (nSPS) is 18.6. The molecule has 1 aliphatic carbocycles. The molecule has 0 N–H and O–H groups in total. The SMILES string of the molecule is C=C(C)C(=C)S/C=C(C)/C(=C/C1=C(C)CC(CCCC)CC1=C)CCCCC. The zero-order valence-corrected chi connectivity index (χ0v) is 19.9. The van der Waals surface area contributed by atoms with E-state index in [1.165, 1.54) is 72.8 Å². The molecule has 0 saturated heterocycles. The second-order valence-corrected chi connectivity index (χ2v) is 9.43. The maximum absolute atomic E-state index is 4.46. The molecule has 28 heavy (non-hydrogen) atoms. The molecule has 0 saturated carbocycles. The molecule has 0 aromatic rings. The highest BCUT2D eigenvalue weighted by Crippen LogP contribution is 2.37. The average Bonchev–Trinajstić information content (AvgIpc) is 2.65. The van der Waals surface area contributed by atoms with Crippen molar-refractivity contribution >= 4 is 11.8 Å². The first kappa shape index (κ1) is 24.8. The zero-order valence-electron chi connectivity index (χ0n) is 19.1. The van der Waals surface area contributed by atoms with E-state index in [-0.39, 0.29) is 0 Å². The minimum atomic E-state index is 0.791. The van der Waals surface area contributed by atoms with Gasteiger partial charge in [-0.2, -0.15) is 0 Å². The summed E-state index contributed by atoms with van der Waals surface area (Å²) in [7, 11) is 0. The van der Waals surface area contributed by atoms with Crippen molar-refractivity contribution in [3.8, 4) is 0 Å². The molecule has 1 unspecified atom stereocenters. The van der Waals surface area contributed by atoms with Crippen LogP contribution < -0.4 is 0 Å². The smallest absolute Gasteiger partial charge is 0.00673 e. The van der Waals surface area contributed by atoms with E-state index < -0.39 is 0 Å². The number of hydrogen-bond acceptors (Lipinski definition) is 1. The van der Waals surface area contributed by atoms with Crippen LogP contribution >= 0.6 is 11.8 Å². The molecule has 1 rings (SSSR count). The van der Waals surface area contributed by atoms with E-state index in [9.17, 15) is 0 Å². The van der Waals surface area contributed by atoms with Gasteiger partial charge in [0.05, 0.1) is 0 Å². The molecule has 0 bridgehead atoms. The standard InChI is InChI=1S/C27H42S/c1-9-11-13-15-26(23(7)19-28-24(8)20(3)4)18-27-21(5)16-25(14-12-10-2)17-22(27)6/h18-19,25H,3,5,8-17H2,1-2,4,6-7H3/b23-19+,26-18+. The summed E-state index contributed by atoms with van der Waals surface area (Å²) in [6, 6.07) is 0. The molecule has 1 atom stereocenters. The Morgan fingerprint density at radius 2 is 1.75 bits per heavy atom. The second-order valence-electron chi connectivity index (χ2n) is 8.46. The van der Waals surface area contributed by atoms with Crippen molar-refractivity contribution in [1.29, 1.82) is 0 Å². The van der Waals surface area contributed by atoms with Crippen molar-refractivity contribution in [3.05, 3.63) is 69.6 Å². The van der Waals surface area contributed by atoms with Gasteiger partial charge in [0.15, 0.2) is 0 Å². The van der Waals surface area contributed by atoms with Gasteiger partial charge in [0.25, 0.3) is 0 Å². The van der Waals surface area contributed by atoms with Crippen LogP contribution in [0.4, 0.5) is 0 Å². The Kier molecular flexibility index (Phi) is 11.6. The predicted molar refractivity (Wildman–Crippen MR) is 132 cm³/mol. The molecule has 0 fully saturated rings. The molecule has 1 aliphatic rings. The third-order valence-corrected chi connectivity index (χ3v) is 6.77. The van der Waals surface area contributed by atoms with E-state index in [1.54, 1.807) is 11.8 Å². The van der Waals surface area contributed by atoms with Crippen LogP contribution in [0.25, 0.3) is 0 Å². The molecule has 0 amide bonds. The number of hydrogen-bond donors (Lipinski definition) is 0. The fourth-order valence-corrected chi connectivity index (χ4v) is 4.43. The highest BCUT2D eigenvalue weighted by Gasteiger charge is 2.20. The molecular weight excluding hydrogens is 356 g/mol. The molecule has 0 aromatic heterocycles. The Balaban J connectivity index is 3.06. The maximum atomic E-state index is 4.46. The van der Waals surface area contributed by atoms with Crippen molar-refractivity contribution in [2.75, 3.05) is 0 Å². The van der Waals surface area contributed by atoms with Crippen molar-refractivity contribution < 1.29 is 0 Å². The van der Waals surface area contributed by atoms with E-state index >= 15 is 0 Å². The lowest BCUT2D eigenvalue weighted by Crippen LogP contribution is -2.11.